The van der Waals surface area contributed by atoms with Gasteiger partial charge in [-0.15, -0.1) is 11.3 Å². The third-order valence-electron chi connectivity index (χ3n) is 2.15. The first-order valence-corrected chi connectivity index (χ1v) is 5.67. The van der Waals surface area contributed by atoms with Crippen molar-refractivity contribution in [2.24, 2.45) is 5.73 Å². The minimum Gasteiger partial charge on any atom is -0.328 e. The summed E-state index contributed by atoms with van der Waals surface area (Å²) in [5, 5.41) is 1.20. The lowest BCUT2D eigenvalue weighted by Crippen LogP contribution is -2.15. The zero-order valence-corrected chi connectivity index (χ0v) is 9.05. The molecule has 74 valence electrons. The molecule has 3 heteroatoms. The Morgan fingerprint density at radius 1 is 1.43 bits per heavy atom. The number of rotatable bonds is 3. The van der Waals surface area contributed by atoms with Crippen molar-refractivity contribution in [2.75, 3.05) is 0 Å². The van der Waals surface area contributed by atoms with Crippen molar-refractivity contribution in [3.63, 3.8) is 0 Å². The van der Waals surface area contributed by atoms with E-state index in [4.69, 9.17) is 5.73 Å². The number of aryl methyl sites for hydroxylation is 1. The Bertz CT molecular complexity index is 387. The van der Waals surface area contributed by atoms with Crippen molar-refractivity contribution in [2.45, 2.75) is 25.8 Å². The van der Waals surface area contributed by atoms with E-state index in [0.717, 1.165) is 18.4 Å². The first kappa shape index (κ1) is 9.62. The number of thiazole rings is 1. The smallest absolute Gasteiger partial charge is 0.0939 e. The number of nitrogens with zero attached hydrogens (tertiary/aromatic N) is 1. The number of aromatic nitrogens is 1. The van der Waals surface area contributed by atoms with Crippen LogP contribution in [0.3, 0.4) is 0 Å². The van der Waals surface area contributed by atoms with E-state index in [2.05, 4.69) is 23.2 Å². The summed E-state index contributed by atoms with van der Waals surface area (Å²) >= 11 is 1.77. The fourth-order valence-corrected chi connectivity index (χ4v) is 2.36. The molecule has 14 heavy (non-hydrogen) atoms. The van der Waals surface area contributed by atoms with Crippen LogP contribution in [0.2, 0.25) is 0 Å². The second-order valence-electron chi connectivity index (χ2n) is 3.59. The maximum absolute atomic E-state index is 5.71. The summed E-state index contributed by atoms with van der Waals surface area (Å²) in [6.07, 6.45) is 2.01. The lowest BCUT2D eigenvalue weighted by molar-refractivity contribution is 0.665. The lowest BCUT2D eigenvalue weighted by atomic mass is 10.2. The Balaban J connectivity index is 2.19. The molecule has 0 unspecified atom stereocenters. The van der Waals surface area contributed by atoms with E-state index < -0.39 is 0 Å². The highest BCUT2D eigenvalue weighted by Gasteiger charge is 2.03. The molecule has 0 bridgehead atoms. The second kappa shape index (κ2) is 4.07. The Morgan fingerprint density at radius 2 is 2.21 bits per heavy atom. The third-order valence-corrected chi connectivity index (χ3v) is 3.25. The average molecular weight is 206 g/mol. The molecule has 0 radical (unpaired) electrons. The Kier molecular flexibility index (Phi) is 2.79. The standard InChI is InChI=1S/C11H14N2S/c1-8(12)6-7-11-13-9-4-2-3-5-10(9)14-11/h2-5,8H,6-7,12H2,1H3/t8-/m1/s1. The molecular weight excluding hydrogens is 192 g/mol. The van der Waals surface area contributed by atoms with Gasteiger partial charge < -0.3 is 5.73 Å². The fourth-order valence-electron chi connectivity index (χ4n) is 1.38. The maximum atomic E-state index is 5.71. The van der Waals surface area contributed by atoms with Gasteiger partial charge in [-0.05, 0) is 25.5 Å². The molecular formula is C11H14N2S. The number of para-hydroxylation sites is 1. The highest BCUT2D eigenvalue weighted by atomic mass is 32.1. The Hall–Kier alpha value is -0.930. The molecule has 0 aliphatic carbocycles. The lowest BCUT2D eigenvalue weighted by Gasteiger charge is -2.00. The summed E-state index contributed by atoms with van der Waals surface area (Å²) < 4.78 is 1.27. The fraction of sp³-hybridized carbons (Fsp3) is 0.364. The van der Waals surface area contributed by atoms with Crippen molar-refractivity contribution >= 4 is 21.6 Å². The molecule has 1 atom stereocenters. The van der Waals surface area contributed by atoms with Crippen molar-refractivity contribution in [3.05, 3.63) is 29.3 Å². The van der Waals surface area contributed by atoms with Crippen molar-refractivity contribution in [1.82, 2.24) is 4.98 Å². The zero-order valence-electron chi connectivity index (χ0n) is 8.23. The number of hydrogen-bond donors (Lipinski definition) is 1. The van der Waals surface area contributed by atoms with Gasteiger partial charge in [0.15, 0.2) is 0 Å². The molecule has 0 aliphatic heterocycles. The molecule has 0 spiro atoms. The van der Waals surface area contributed by atoms with Gasteiger partial charge >= 0.3 is 0 Å². The number of benzene rings is 1. The van der Waals surface area contributed by atoms with E-state index >= 15 is 0 Å². The zero-order chi connectivity index (χ0) is 9.97. The van der Waals surface area contributed by atoms with E-state index in [1.807, 2.05) is 13.0 Å². The molecule has 0 fully saturated rings. The predicted molar refractivity (Wildman–Crippen MR) is 61.6 cm³/mol. The van der Waals surface area contributed by atoms with Gasteiger partial charge in [0.2, 0.25) is 0 Å². The monoisotopic (exact) mass is 206 g/mol. The van der Waals surface area contributed by atoms with Crippen LogP contribution in [0.25, 0.3) is 10.2 Å². The average Bonchev–Trinajstić information content (AvgIpc) is 2.57. The number of nitrogens with two attached hydrogens (primary N) is 1. The minimum atomic E-state index is 0.266. The summed E-state index contributed by atoms with van der Waals surface area (Å²) in [5.41, 5.74) is 6.82. The van der Waals surface area contributed by atoms with Crippen LogP contribution in [0.15, 0.2) is 24.3 Å². The normalized spacial score (nSPS) is 13.3. The molecule has 0 saturated carbocycles. The molecule has 0 amide bonds. The first-order chi connectivity index (χ1) is 6.75. The van der Waals surface area contributed by atoms with E-state index in [9.17, 15) is 0 Å². The molecule has 0 saturated heterocycles. The summed E-state index contributed by atoms with van der Waals surface area (Å²) in [5.74, 6) is 0. The number of hydrogen-bond acceptors (Lipinski definition) is 3. The Morgan fingerprint density at radius 3 is 2.93 bits per heavy atom. The minimum absolute atomic E-state index is 0.266. The van der Waals surface area contributed by atoms with E-state index in [1.165, 1.54) is 9.71 Å². The maximum Gasteiger partial charge on any atom is 0.0939 e. The number of fused-ring (bicyclic) bond motifs is 1. The largest absolute Gasteiger partial charge is 0.328 e. The van der Waals surface area contributed by atoms with Crippen molar-refractivity contribution in [1.29, 1.82) is 0 Å². The van der Waals surface area contributed by atoms with Crippen LogP contribution in [0, 0.1) is 0 Å². The topological polar surface area (TPSA) is 38.9 Å². The van der Waals surface area contributed by atoms with E-state index in [1.54, 1.807) is 11.3 Å². The first-order valence-electron chi connectivity index (χ1n) is 4.86. The second-order valence-corrected chi connectivity index (χ2v) is 4.71. The van der Waals surface area contributed by atoms with Gasteiger partial charge in [0.05, 0.1) is 15.2 Å². The van der Waals surface area contributed by atoms with Gasteiger partial charge in [0, 0.05) is 12.5 Å². The Labute approximate surface area is 87.8 Å². The molecule has 0 aliphatic rings. The van der Waals surface area contributed by atoms with Crippen LogP contribution in [0.5, 0.6) is 0 Å². The highest BCUT2D eigenvalue weighted by Crippen LogP contribution is 2.22. The van der Waals surface area contributed by atoms with Crippen LogP contribution in [-0.4, -0.2) is 11.0 Å². The summed E-state index contributed by atoms with van der Waals surface area (Å²) in [7, 11) is 0. The molecule has 2 rings (SSSR count). The molecule has 1 heterocycles. The highest BCUT2D eigenvalue weighted by molar-refractivity contribution is 7.18. The SMILES string of the molecule is C[C@@H](N)CCc1nc2ccccc2s1. The van der Waals surface area contributed by atoms with Gasteiger partial charge in [-0.1, -0.05) is 12.1 Å². The quantitative estimate of drug-likeness (QED) is 0.838. The molecule has 2 aromatic rings. The summed E-state index contributed by atoms with van der Waals surface area (Å²) in [6, 6.07) is 8.51. The van der Waals surface area contributed by atoms with Crippen molar-refractivity contribution < 1.29 is 0 Å². The molecule has 2 nitrogen and oxygen atoms in total. The van der Waals surface area contributed by atoms with Gasteiger partial charge in [0.25, 0.3) is 0 Å². The third kappa shape index (κ3) is 2.11. The van der Waals surface area contributed by atoms with Crippen LogP contribution in [0.1, 0.15) is 18.4 Å². The predicted octanol–water partition coefficient (Wildman–Crippen LogP) is 2.58. The molecule has 1 aromatic carbocycles. The summed E-state index contributed by atoms with van der Waals surface area (Å²) in [4.78, 5) is 4.55. The van der Waals surface area contributed by atoms with Crippen molar-refractivity contribution in [3.8, 4) is 0 Å². The molecule has 2 N–H and O–H groups in total. The van der Waals surface area contributed by atoms with Gasteiger partial charge in [-0.2, -0.15) is 0 Å². The summed E-state index contributed by atoms with van der Waals surface area (Å²) in [6.45, 7) is 2.04. The van der Waals surface area contributed by atoms with Crippen LogP contribution in [0.4, 0.5) is 0 Å². The van der Waals surface area contributed by atoms with Crippen LogP contribution in [-0.2, 0) is 6.42 Å². The van der Waals surface area contributed by atoms with Gasteiger partial charge in [-0.3, -0.25) is 0 Å². The van der Waals surface area contributed by atoms with E-state index in [-0.39, 0.29) is 6.04 Å². The van der Waals surface area contributed by atoms with Crippen LogP contribution >= 0.6 is 11.3 Å². The van der Waals surface area contributed by atoms with Crippen LogP contribution < -0.4 is 5.73 Å². The van der Waals surface area contributed by atoms with E-state index in [0.29, 0.717) is 0 Å². The van der Waals surface area contributed by atoms with Gasteiger partial charge in [-0.25, -0.2) is 4.98 Å². The molecule has 1 aromatic heterocycles. The van der Waals surface area contributed by atoms with Gasteiger partial charge in [0.1, 0.15) is 0 Å².